The second-order valence-corrected chi connectivity index (χ2v) is 14.3. The van der Waals surface area contributed by atoms with Crippen LogP contribution in [0.4, 0.5) is 11.4 Å². The van der Waals surface area contributed by atoms with E-state index in [9.17, 15) is 0 Å². The predicted molar refractivity (Wildman–Crippen MR) is 156 cm³/mol. The summed E-state index contributed by atoms with van der Waals surface area (Å²) in [6.45, 7) is 27.5. The van der Waals surface area contributed by atoms with E-state index in [0.29, 0.717) is 0 Å². The number of anilines is 2. The number of rotatable bonds is 3. The highest BCUT2D eigenvalue weighted by Gasteiger charge is 2.23. The summed E-state index contributed by atoms with van der Waals surface area (Å²) in [5, 5.41) is 3.74. The standard InChI is InChI=1S/C34H47N/c1-31(2,3)24-13-16-28(17-14-24)35-30-18-15-25(32(4,5)6)22-29(30)23-19-26(33(7,8)9)21-27(20-23)34(10,11)12/h13-22,35H,1-12H3. The Balaban J connectivity index is 2.20. The lowest BCUT2D eigenvalue weighted by molar-refractivity contribution is 0.569. The fourth-order valence-corrected chi connectivity index (χ4v) is 4.22. The van der Waals surface area contributed by atoms with Crippen molar-refractivity contribution in [1.29, 1.82) is 0 Å². The van der Waals surface area contributed by atoms with Gasteiger partial charge in [-0.15, -0.1) is 0 Å². The van der Waals surface area contributed by atoms with E-state index in [-0.39, 0.29) is 21.7 Å². The average Bonchev–Trinajstić information content (AvgIpc) is 2.71. The van der Waals surface area contributed by atoms with Crippen molar-refractivity contribution in [3.8, 4) is 11.1 Å². The molecule has 188 valence electrons. The monoisotopic (exact) mass is 469 g/mol. The van der Waals surface area contributed by atoms with Crippen molar-refractivity contribution < 1.29 is 0 Å². The molecule has 3 aromatic carbocycles. The van der Waals surface area contributed by atoms with E-state index >= 15 is 0 Å². The lowest BCUT2D eigenvalue weighted by atomic mass is 9.78. The highest BCUT2D eigenvalue weighted by atomic mass is 14.9. The first-order chi connectivity index (χ1) is 15.9. The van der Waals surface area contributed by atoms with Crippen molar-refractivity contribution in [2.45, 2.75) is 105 Å². The number of nitrogens with one attached hydrogen (secondary N) is 1. The molecular formula is C34H47N. The van der Waals surface area contributed by atoms with Crippen LogP contribution in [0, 0.1) is 0 Å². The topological polar surface area (TPSA) is 12.0 Å². The molecule has 3 aromatic rings. The lowest BCUT2D eigenvalue weighted by Gasteiger charge is -2.27. The molecule has 0 bridgehead atoms. The molecule has 0 aliphatic heterocycles. The van der Waals surface area contributed by atoms with Gasteiger partial charge in [-0.25, -0.2) is 0 Å². The average molecular weight is 470 g/mol. The summed E-state index contributed by atoms with van der Waals surface area (Å²) in [6.07, 6.45) is 0. The van der Waals surface area contributed by atoms with Gasteiger partial charge in [0.05, 0.1) is 0 Å². The smallest absolute Gasteiger partial charge is 0.0464 e. The van der Waals surface area contributed by atoms with E-state index in [1.807, 2.05) is 0 Å². The van der Waals surface area contributed by atoms with Gasteiger partial charge in [0.15, 0.2) is 0 Å². The molecule has 0 amide bonds. The van der Waals surface area contributed by atoms with E-state index in [1.165, 1.54) is 33.4 Å². The van der Waals surface area contributed by atoms with Crippen LogP contribution in [0.2, 0.25) is 0 Å². The van der Waals surface area contributed by atoms with Gasteiger partial charge in [-0.2, -0.15) is 0 Å². The van der Waals surface area contributed by atoms with Gasteiger partial charge in [0, 0.05) is 16.9 Å². The Hall–Kier alpha value is -2.54. The Morgan fingerprint density at radius 3 is 1.29 bits per heavy atom. The van der Waals surface area contributed by atoms with Crippen LogP contribution in [-0.4, -0.2) is 0 Å². The molecule has 0 aliphatic carbocycles. The van der Waals surface area contributed by atoms with Crippen molar-refractivity contribution >= 4 is 11.4 Å². The maximum Gasteiger partial charge on any atom is 0.0464 e. The van der Waals surface area contributed by atoms with Gasteiger partial charge in [0.2, 0.25) is 0 Å². The van der Waals surface area contributed by atoms with E-state index < -0.39 is 0 Å². The summed E-state index contributed by atoms with van der Waals surface area (Å²) in [7, 11) is 0. The minimum atomic E-state index is 0.0774. The largest absolute Gasteiger partial charge is 0.355 e. The van der Waals surface area contributed by atoms with Crippen LogP contribution in [0.1, 0.15) is 105 Å². The zero-order valence-electron chi connectivity index (χ0n) is 24.3. The van der Waals surface area contributed by atoms with Crippen LogP contribution in [-0.2, 0) is 21.7 Å². The Morgan fingerprint density at radius 1 is 0.429 bits per heavy atom. The molecule has 1 nitrogen and oxygen atoms in total. The second-order valence-electron chi connectivity index (χ2n) is 14.3. The second kappa shape index (κ2) is 9.16. The minimum absolute atomic E-state index is 0.0774. The normalized spacial score (nSPS) is 13.1. The molecule has 0 heterocycles. The van der Waals surface area contributed by atoms with Crippen LogP contribution in [0.25, 0.3) is 11.1 Å². The third-order valence-electron chi connectivity index (χ3n) is 6.89. The van der Waals surface area contributed by atoms with E-state index in [1.54, 1.807) is 0 Å². The third-order valence-corrected chi connectivity index (χ3v) is 6.89. The molecule has 3 rings (SSSR count). The summed E-state index contributed by atoms with van der Waals surface area (Å²) < 4.78 is 0. The summed E-state index contributed by atoms with van der Waals surface area (Å²) in [6, 6.07) is 23.0. The molecule has 1 N–H and O–H groups in total. The molecule has 35 heavy (non-hydrogen) atoms. The Labute approximate surface area is 215 Å². The van der Waals surface area contributed by atoms with Crippen molar-refractivity contribution in [3.63, 3.8) is 0 Å². The highest BCUT2D eigenvalue weighted by Crippen LogP contribution is 2.39. The van der Waals surface area contributed by atoms with E-state index in [4.69, 9.17) is 0 Å². The van der Waals surface area contributed by atoms with Crippen molar-refractivity contribution in [1.82, 2.24) is 0 Å². The lowest BCUT2D eigenvalue weighted by Crippen LogP contribution is -2.17. The van der Waals surface area contributed by atoms with Crippen molar-refractivity contribution in [2.75, 3.05) is 5.32 Å². The summed E-state index contributed by atoms with van der Waals surface area (Å²) >= 11 is 0. The fourth-order valence-electron chi connectivity index (χ4n) is 4.22. The van der Waals surface area contributed by atoms with Crippen LogP contribution in [0.3, 0.4) is 0 Å². The molecule has 0 saturated heterocycles. The van der Waals surface area contributed by atoms with Crippen LogP contribution < -0.4 is 5.32 Å². The van der Waals surface area contributed by atoms with E-state index in [2.05, 4.69) is 149 Å². The van der Waals surface area contributed by atoms with Gasteiger partial charge < -0.3 is 5.32 Å². The summed E-state index contributed by atoms with van der Waals surface area (Å²) in [5.41, 5.74) is 10.6. The molecule has 0 aliphatic rings. The molecular weight excluding hydrogens is 422 g/mol. The molecule has 0 atom stereocenters. The Bertz CT molecular complexity index is 1140. The van der Waals surface area contributed by atoms with Gasteiger partial charge in [-0.3, -0.25) is 0 Å². The number of benzene rings is 3. The highest BCUT2D eigenvalue weighted by molar-refractivity contribution is 5.82. The number of hydrogen-bond donors (Lipinski definition) is 1. The van der Waals surface area contributed by atoms with Gasteiger partial charge in [-0.1, -0.05) is 119 Å². The van der Waals surface area contributed by atoms with Crippen molar-refractivity contribution in [3.05, 3.63) is 82.9 Å². The molecule has 0 saturated carbocycles. The molecule has 0 fully saturated rings. The maximum absolute atomic E-state index is 3.74. The zero-order chi connectivity index (χ0) is 26.4. The first kappa shape index (κ1) is 27.1. The first-order valence-electron chi connectivity index (χ1n) is 13.0. The molecule has 1 heteroatoms. The predicted octanol–water partition coefficient (Wildman–Crippen LogP) is 10.3. The Morgan fingerprint density at radius 2 is 0.857 bits per heavy atom. The summed E-state index contributed by atoms with van der Waals surface area (Å²) in [4.78, 5) is 0. The Kier molecular flexibility index (Phi) is 7.08. The van der Waals surface area contributed by atoms with Crippen molar-refractivity contribution in [2.24, 2.45) is 0 Å². The van der Waals surface area contributed by atoms with Crippen LogP contribution in [0.5, 0.6) is 0 Å². The third kappa shape index (κ3) is 6.57. The first-order valence-corrected chi connectivity index (χ1v) is 13.0. The summed E-state index contributed by atoms with van der Waals surface area (Å²) in [5.74, 6) is 0. The maximum atomic E-state index is 3.74. The number of hydrogen-bond acceptors (Lipinski definition) is 1. The van der Waals surface area contributed by atoms with Gasteiger partial charge in [0.25, 0.3) is 0 Å². The van der Waals surface area contributed by atoms with Gasteiger partial charge in [0.1, 0.15) is 0 Å². The SMILES string of the molecule is CC(C)(C)c1ccc(Nc2ccc(C(C)(C)C)cc2-c2cc(C(C)(C)C)cc(C(C)(C)C)c2)cc1. The van der Waals surface area contributed by atoms with E-state index in [0.717, 1.165) is 11.4 Å². The fraction of sp³-hybridized carbons (Fsp3) is 0.471. The molecule has 0 spiro atoms. The minimum Gasteiger partial charge on any atom is -0.355 e. The van der Waals surface area contributed by atoms with Gasteiger partial charge in [-0.05, 0) is 73.7 Å². The quantitative estimate of drug-likeness (QED) is 0.402. The zero-order valence-corrected chi connectivity index (χ0v) is 24.3. The van der Waals surface area contributed by atoms with Crippen LogP contribution in [0.15, 0.2) is 60.7 Å². The van der Waals surface area contributed by atoms with Gasteiger partial charge >= 0.3 is 0 Å². The molecule has 0 aromatic heterocycles. The molecule has 0 radical (unpaired) electrons. The van der Waals surface area contributed by atoms with Crippen LogP contribution >= 0.6 is 0 Å². The molecule has 0 unspecified atom stereocenters.